The monoisotopic (exact) mass is 320 g/mol. The summed E-state index contributed by atoms with van der Waals surface area (Å²) in [4.78, 5) is 4.78. The van der Waals surface area contributed by atoms with Crippen LogP contribution in [0.5, 0.6) is 0 Å². The van der Waals surface area contributed by atoms with Gasteiger partial charge in [0.05, 0.1) is 18.4 Å². The Morgan fingerprint density at radius 3 is 2.82 bits per heavy atom. The Kier molecular flexibility index (Phi) is 4.31. The Bertz CT molecular complexity index is 787. The van der Waals surface area contributed by atoms with E-state index in [-0.39, 0.29) is 6.61 Å². The number of rotatable bonds is 5. The standard InChI is InChI=1S/C16H20N2O3S/c1-22(19,20)21-11-10-17-16-12-6-2-4-8-14(12)18-15-9-5-3-7-13(15)16/h2,4,6,8H,3,5,7,9-11H2,1H3,(H,17,18). The topological polar surface area (TPSA) is 68.3 Å². The van der Waals surface area contributed by atoms with Gasteiger partial charge in [-0.2, -0.15) is 8.42 Å². The molecule has 0 amide bonds. The summed E-state index contributed by atoms with van der Waals surface area (Å²) in [5.41, 5.74) is 4.49. The van der Waals surface area contributed by atoms with Gasteiger partial charge in [-0.15, -0.1) is 0 Å². The molecule has 0 bridgehead atoms. The summed E-state index contributed by atoms with van der Waals surface area (Å²) in [7, 11) is -3.39. The number of fused-ring (bicyclic) bond motifs is 2. The number of aromatic nitrogens is 1. The van der Waals surface area contributed by atoms with Crippen molar-refractivity contribution < 1.29 is 12.6 Å². The number of nitrogens with one attached hydrogen (secondary N) is 1. The van der Waals surface area contributed by atoms with Crippen molar-refractivity contribution in [2.45, 2.75) is 25.7 Å². The zero-order valence-corrected chi connectivity index (χ0v) is 13.4. The third-order valence-electron chi connectivity index (χ3n) is 3.87. The van der Waals surface area contributed by atoms with Crippen molar-refractivity contribution in [2.75, 3.05) is 24.7 Å². The number of pyridine rings is 1. The van der Waals surface area contributed by atoms with Crippen LogP contribution in [0.1, 0.15) is 24.1 Å². The summed E-state index contributed by atoms with van der Waals surface area (Å²) in [6.45, 7) is 0.581. The van der Waals surface area contributed by atoms with Crippen LogP contribution in [0.2, 0.25) is 0 Å². The minimum Gasteiger partial charge on any atom is -0.382 e. The molecule has 22 heavy (non-hydrogen) atoms. The third kappa shape index (κ3) is 3.39. The molecule has 1 aromatic carbocycles. The molecule has 0 aliphatic heterocycles. The van der Waals surface area contributed by atoms with Gasteiger partial charge in [-0.05, 0) is 37.3 Å². The lowest BCUT2D eigenvalue weighted by Gasteiger charge is -2.21. The van der Waals surface area contributed by atoms with Crippen LogP contribution in [0, 0.1) is 0 Å². The fourth-order valence-corrected chi connectivity index (χ4v) is 3.33. The maximum absolute atomic E-state index is 11.0. The predicted octanol–water partition coefficient (Wildman–Crippen LogP) is 2.50. The van der Waals surface area contributed by atoms with Gasteiger partial charge in [0, 0.05) is 23.3 Å². The van der Waals surface area contributed by atoms with Crippen molar-refractivity contribution in [3.63, 3.8) is 0 Å². The average Bonchev–Trinajstić information content (AvgIpc) is 2.49. The Morgan fingerprint density at radius 2 is 2.00 bits per heavy atom. The van der Waals surface area contributed by atoms with Gasteiger partial charge in [0.2, 0.25) is 0 Å². The van der Waals surface area contributed by atoms with Crippen LogP contribution in [0.4, 0.5) is 5.69 Å². The van der Waals surface area contributed by atoms with E-state index in [1.807, 2.05) is 18.2 Å². The normalized spacial score (nSPS) is 14.8. The van der Waals surface area contributed by atoms with E-state index in [1.165, 1.54) is 18.4 Å². The molecule has 6 heteroatoms. The first-order chi connectivity index (χ1) is 10.5. The highest BCUT2D eigenvalue weighted by Crippen LogP contribution is 2.33. The number of aryl methyl sites for hydroxylation is 1. The molecule has 0 spiro atoms. The minimum absolute atomic E-state index is 0.129. The number of nitrogens with zero attached hydrogens (tertiary/aromatic N) is 1. The fourth-order valence-electron chi connectivity index (χ4n) is 2.94. The number of benzene rings is 1. The molecule has 1 aliphatic carbocycles. The number of hydrogen-bond donors (Lipinski definition) is 1. The maximum atomic E-state index is 11.0. The molecule has 0 unspecified atom stereocenters. The van der Waals surface area contributed by atoms with Crippen LogP contribution in [0.25, 0.3) is 10.9 Å². The van der Waals surface area contributed by atoms with E-state index >= 15 is 0 Å². The van der Waals surface area contributed by atoms with Crippen LogP contribution in [-0.2, 0) is 27.1 Å². The zero-order chi connectivity index (χ0) is 15.6. The molecular formula is C16H20N2O3S. The van der Waals surface area contributed by atoms with Gasteiger partial charge in [-0.1, -0.05) is 18.2 Å². The maximum Gasteiger partial charge on any atom is 0.264 e. The van der Waals surface area contributed by atoms with Gasteiger partial charge in [0.25, 0.3) is 10.1 Å². The van der Waals surface area contributed by atoms with Crippen molar-refractivity contribution in [2.24, 2.45) is 0 Å². The lowest BCUT2D eigenvalue weighted by atomic mass is 9.92. The van der Waals surface area contributed by atoms with E-state index in [0.717, 1.165) is 41.4 Å². The molecule has 5 nitrogen and oxygen atoms in total. The van der Waals surface area contributed by atoms with Gasteiger partial charge in [-0.3, -0.25) is 9.17 Å². The van der Waals surface area contributed by atoms with E-state index in [4.69, 9.17) is 9.17 Å². The molecule has 0 saturated carbocycles. The van der Waals surface area contributed by atoms with E-state index in [9.17, 15) is 8.42 Å². The van der Waals surface area contributed by atoms with E-state index in [1.54, 1.807) is 0 Å². The first kappa shape index (κ1) is 15.2. The summed E-state index contributed by atoms with van der Waals surface area (Å²) in [6.07, 6.45) is 5.43. The van der Waals surface area contributed by atoms with Crippen molar-refractivity contribution in [1.29, 1.82) is 0 Å². The summed E-state index contributed by atoms with van der Waals surface area (Å²) in [5, 5.41) is 4.44. The van der Waals surface area contributed by atoms with Crippen molar-refractivity contribution in [1.82, 2.24) is 4.98 Å². The Balaban J connectivity index is 1.89. The molecule has 1 heterocycles. The number of anilines is 1. The largest absolute Gasteiger partial charge is 0.382 e. The lowest BCUT2D eigenvalue weighted by Crippen LogP contribution is -2.16. The summed E-state index contributed by atoms with van der Waals surface area (Å²) >= 11 is 0. The lowest BCUT2D eigenvalue weighted by molar-refractivity contribution is 0.335. The van der Waals surface area contributed by atoms with Gasteiger partial charge >= 0.3 is 0 Å². The summed E-state index contributed by atoms with van der Waals surface area (Å²) in [5.74, 6) is 0. The molecule has 0 fully saturated rings. The van der Waals surface area contributed by atoms with Gasteiger partial charge in [-0.25, -0.2) is 0 Å². The molecular weight excluding hydrogens is 300 g/mol. The van der Waals surface area contributed by atoms with E-state index < -0.39 is 10.1 Å². The fraction of sp³-hybridized carbons (Fsp3) is 0.438. The first-order valence-electron chi connectivity index (χ1n) is 7.53. The van der Waals surface area contributed by atoms with Gasteiger partial charge in [0.15, 0.2) is 0 Å². The highest BCUT2D eigenvalue weighted by atomic mass is 32.2. The molecule has 1 aromatic heterocycles. The second kappa shape index (κ2) is 6.22. The molecule has 1 aliphatic rings. The minimum atomic E-state index is -3.39. The highest BCUT2D eigenvalue weighted by molar-refractivity contribution is 7.85. The predicted molar refractivity (Wildman–Crippen MR) is 87.7 cm³/mol. The average molecular weight is 320 g/mol. The van der Waals surface area contributed by atoms with Crippen LogP contribution in [0.15, 0.2) is 24.3 Å². The molecule has 0 radical (unpaired) electrons. The zero-order valence-electron chi connectivity index (χ0n) is 12.6. The van der Waals surface area contributed by atoms with Crippen molar-refractivity contribution >= 4 is 26.7 Å². The van der Waals surface area contributed by atoms with Crippen molar-refractivity contribution in [3.8, 4) is 0 Å². The molecule has 1 N–H and O–H groups in total. The second-order valence-electron chi connectivity index (χ2n) is 5.59. The van der Waals surface area contributed by atoms with E-state index in [2.05, 4.69) is 11.4 Å². The molecule has 2 aromatic rings. The van der Waals surface area contributed by atoms with Crippen LogP contribution >= 0.6 is 0 Å². The summed E-state index contributed by atoms with van der Waals surface area (Å²) in [6, 6.07) is 8.05. The second-order valence-corrected chi connectivity index (χ2v) is 7.23. The van der Waals surface area contributed by atoms with Crippen LogP contribution in [-0.4, -0.2) is 32.8 Å². The van der Waals surface area contributed by atoms with E-state index in [0.29, 0.717) is 6.54 Å². The van der Waals surface area contributed by atoms with Crippen LogP contribution in [0.3, 0.4) is 0 Å². The van der Waals surface area contributed by atoms with Gasteiger partial charge < -0.3 is 5.32 Å². The summed E-state index contributed by atoms with van der Waals surface area (Å²) < 4.78 is 26.9. The Hall–Kier alpha value is -1.66. The van der Waals surface area contributed by atoms with Crippen molar-refractivity contribution in [3.05, 3.63) is 35.5 Å². The van der Waals surface area contributed by atoms with Gasteiger partial charge in [0.1, 0.15) is 0 Å². The third-order valence-corrected chi connectivity index (χ3v) is 4.47. The Morgan fingerprint density at radius 1 is 1.23 bits per heavy atom. The Labute approximate surface area is 130 Å². The first-order valence-corrected chi connectivity index (χ1v) is 9.35. The van der Waals surface area contributed by atoms with Crippen LogP contribution < -0.4 is 5.32 Å². The SMILES string of the molecule is CS(=O)(=O)OCCNc1c2c(nc3ccccc13)CCCC2. The quantitative estimate of drug-likeness (QED) is 0.677. The molecule has 0 atom stereocenters. The molecule has 118 valence electrons. The number of para-hydroxylation sites is 1. The molecule has 3 rings (SSSR count). The number of hydrogen-bond acceptors (Lipinski definition) is 5. The highest BCUT2D eigenvalue weighted by Gasteiger charge is 2.17. The smallest absolute Gasteiger partial charge is 0.264 e. The molecule has 0 saturated heterocycles.